The maximum atomic E-state index is 12.3. The second-order valence-corrected chi connectivity index (χ2v) is 6.13. The number of nitriles is 1. The Morgan fingerprint density at radius 3 is 2.64 bits per heavy atom. The van der Waals surface area contributed by atoms with Gasteiger partial charge in [0.05, 0.1) is 24.1 Å². The molecule has 28 heavy (non-hydrogen) atoms. The molecule has 3 N–H and O–H groups in total. The molecule has 0 spiro atoms. The van der Waals surface area contributed by atoms with Crippen molar-refractivity contribution < 1.29 is 9.53 Å². The van der Waals surface area contributed by atoms with E-state index in [2.05, 4.69) is 16.5 Å². The van der Waals surface area contributed by atoms with E-state index in [1.807, 2.05) is 36.4 Å². The third-order valence-corrected chi connectivity index (χ3v) is 4.33. The van der Waals surface area contributed by atoms with E-state index in [1.54, 1.807) is 22.9 Å². The van der Waals surface area contributed by atoms with Crippen LogP contribution in [0.2, 0.25) is 0 Å². The molecule has 0 bridgehead atoms. The molecule has 0 fully saturated rings. The molecule has 0 aliphatic rings. The van der Waals surface area contributed by atoms with Gasteiger partial charge in [0, 0.05) is 6.54 Å². The van der Waals surface area contributed by atoms with Crippen LogP contribution in [-0.4, -0.2) is 29.3 Å². The minimum Gasteiger partial charge on any atom is -0.496 e. The van der Waals surface area contributed by atoms with Gasteiger partial charge >= 0.3 is 0 Å². The highest BCUT2D eigenvalue weighted by atomic mass is 16.5. The molecule has 1 aromatic heterocycles. The van der Waals surface area contributed by atoms with Crippen molar-refractivity contribution in [2.75, 3.05) is 19.4 Å². The molecule has 3 rings (SSSR count). The number of nitrogen functional groups attached to an aromatic ring is 1. The number of rotatable bonds is 7. The molecule has 0 unspecified atom stereocenters. The van der Waals surface area contributed by atoms with Crippen molar-refractivity contribution in [3.63, 3.8) is 0 Å². The van der Waals surface area contributed by atoms with Crippen molar-refractivity contribution in [2.45, 2.75) is 12.8 Å². The van der Waals surface area contributed by atoms with E-state index in [0.29, 0.717) is 47.8 Å². The summed E-state index contributed by atoms with van der Waals surface area (Å²) in [4.78, 5) is 12.3. The van der Waals surface area contributed by atoms with Crippen LogP contribution in [0, 0.1) is 11.3 Å². The molecular formula is C21H21N5O2. The van der Waals surface area contributed by atoms with Crippen molar-refractivity contribution >= 4 is 11.7 Å². The second kappa shape index (κ2) is 8.73. The standard InChI is InChI=1S/C21H21N5O2/c1-28-19-12-6-5-10-16(19)21(27)24-13-7-11-18-17(14-22)20(23)26(25-18)15-8-3-2-4-9-15/h2-6,8-10,12H,7,11,13,23H2,1H3,(H,24,27). The minimum absolute atomic E-state index is 0.202. The molecule has 2 aromatic carbocycles. The predicted molar refractivity (Wildman–Crippen MR) is 106 cm³/mol. The van der Waals surface area contributed by atoms with Crippen LogP contribution in [-0.2, 0) is 6.42 Å². The van der Waals surface area contributed by atoms with Gasteiger partial charge in [0.25, 0.3) is 5.91 Å². The van der Waals surface area contributed by atoms with Gasteiger partial charge in [-0.05, 0) is 37.1 Å². The first-order chi connectivity index (χ1) is 13.7. The Bertz CT molecular complexity index is 1010. The number of aryl methyl sites for hydroxylation is 1. The fourth-order valence-corrected chi connectivity index (χ4v) is 2.93. The lowest BCUT2D eigenvalue weighted by Crippen LogP contribution is -2.25. The highest BCUT2D eigenvalue weighted by Crippen LogP contribution is 2.21. The first-order valence-electron chi connectivity index (χ1n) is 8.89. The highest BCUT2D eigenvalue weighted by molar-refractivity contribution is 5.96. The number of hydrogen-bond acceptors (Lipinski definition) is 5. The molecule has 3 aromatic rings. The molecule has 0 saturated carbocycles. The van der Waals surface area contributed by atoms with Gasteiger partial charge in [-0.1, -0.05) is 30.3 Å². The Kier molecular flexibility index (Phi) is 5.92. The summed E-state index contributed by atoms with van der Waals surface area (Å²) in [7, 11) is 1.53. The van der Waals surface area contributed by atoms with Gasteiger partial charge in [-0.25, -0.2) is 4.68 Å². The Morgan fingerprint density at radius 1 is 1.21 bits per heavy atom. The average molecular weight is 375 g/mol. The van der Waals surface area contributed by atoms with Crippen molar-refractivity contribution in [1.82, 2.24) is 15.1 Å². The number of ether oxygens (including phenoxy) is 1. The van der Waals surface area contributed by atoms with Gasteiger partial charge in [-0.15, -0.1) is 0 Å². The van der Waals surface area contributed by atoms with E-state index in [-0.39, 0.29) is 5.91 Å². The number of para-hydroxylation sites is 2. The Balaban J connectivity index is 1.64. The zero-order valence-corrected chi connectivity index (χ0v) is 15.6. The van der Waals surface area contributed by atoms with Crippen LogP contribution in [0.4, 0.5) is 5.82 Å². The van der Waals surface area contributed by atoms with Crippen LogP contribution < -0.4 is 15.8 Å². The van der Waals surface area contributed by atoms with Gasteiger partial charge in [0.15, 0.2) is 0 Å². The van der Waals surface area contributed by atoms with Crippen LogP contribution in [0.15, 0.2) is 54.6 Å². The zero-order valence-electron chi connectivity index (χ0n) is 15.6. The number of nitrogens with one attached hydrogen (secondary N) is 1. The van der Waals surface area contributed by atoms with E-state index in [9.17, 15) is 10.1 Å². The SMILES string of the molecule is COc1ccccc1C(=O)NCCCc1nn(-c2ccccc2)c(N)c1C#N. The molecular weight excluding hydrogens is 354 g/mol. The van der Waals surface area contributed by atoms with Crippen LogP contribution in [0.25, 0.3) is 5.69 Å². The van der Waals surface area contributed by atoms with Gasteiger partial charge in [-0.2, -0.15) is 10.4 Å². The van der Waals surface area contributed by atoms with Crippen LogP contribution >= 0.6 is 0 Å². The number of methoxy groups -OCH3 is 1. The third kappa shape index (κ3) is 3.96. The molecule has 0 aliphatic carbocycles. The molecule has 1 heterocycles. The van der Waals surface area contributed by atoms with Gasteiger partial charge in [0.2, 0.25) is 0 Å². The summed E-state index contributed by atoms with van der Waals surface area (Å²) in [5, 5.41) is 16.8. The van der Waals surface area contributed by atoms with Gasteiger partial charge in [-0.3, -0.25) is 4.79 Å². The first-order valence-corrected chi connectivity index (χ1v) is 8.89. The molecule has 0 radical (unpaired) electrons. The predicted octanol–water partition coefficient (Wildman–Crippen LogP) is 2.70. The number of carbonyl (C=O) groups excluding carboxylic acids is 1. The van der Waals surface area contributed by atoms with Crippen molar-refractivity contribution in [3.8, 4) is 17.5 Å². The molecule has 7 nitrogen and oxygen atoms in total. The quantitative estimate of drug-likeness (QED) is 0.618. The number of nitrogens with zero attached hydrogens (tertiary/aromatic N) is 3. The van der Waals surface area contributed by atoms with Crippen LogP contribution in [0.5, 0.6) is 5.75 Å². The molecule has 0 saturated heterocycles. The second-order valence-electron chi connectivity index (χ2n) is 6.13. The van der Waals surface area contributed by atoms with Crippen LogP contribution in [0.3, 0.4) is 0 Å². The van der Waals surface area contributed by atoms with E-state index in [4.69, 9.17) is 10.5 Å². The summed E-state index contributed by atoms with van der Waals surface area (Å²) in [6, 6.07) is 18.6. The summed E-state index contributed by atoms with van der Waals surface area (Å²) in [6.07, 6.45) is 1.15. The van der Waals surface area contributed by atoms with Crippen molar-refractivity contribution in [3.05, 3.63) is 71.4 Å². The number of benzene rings is 2. The lowest BCUT2D eigenvalue weighted by molar-refractivity contribution is 0.0950. The summed E-state index contributed by atoms with van der Waals surface area (Å²) in [5.41, 5.74) is 8.38. The lowest BCUT2D eigenvalue weighted by atomic mass is 10.1. The number of aromatic nitrogens is 2. The zero-order chi connectivity index (χ0) is 19.9. The summed E-state index contributed by atoms with van der Waals surface area (Å²) >= 11 is 0. The smallest absolute Gasteiger partial charge is 0.255 e. The Hall–Kier alpha value is -3.79. The topological polar surface area (TPSA) is 106 Å². The van der Waals surface area contributed by atoms with Crippen molar-refractivity contribution in [2.24, 2.45) is 0 Å². The van der Waals surface area contributed by atoms with E-state index in [0.717, 1.165) is 5.69 Å². The molecule has 0 atom stereocenters. The summed E-state index contributed by atoms with van der Waals surface area (Å²) < 4.78 is 6.78. The van der Waals surface area contributed by atoms with E-state index >= 15 is 0 Å². The third-order valence-electron chi connectivity index (χ3n) is 4.33. The summed E-state index contributed by atoms with van der Waals surface area (Å²) in [6.45, 7) is 0.444. The Labute approximate surface area is 163 Å². The van der Waals surface area contributed by atoms with E-state index < -0.39 is 0 Å². The molecule has 1 amide bonds. The molecule has 0 aliphatic heterocycles. The normalized spacial score (nSPS) is 10.3. The highest BCUT2D eigenvalue weighted by Gasteiger charge is 2.16. The number of anilines is 1. The minimum atomic E-state index is -0.202. The number of amides is 1. The fourth-order valence-electron chi connectivity index (χ4n) is 2.93. The monoisotopic (exact) mass is 375 g/mol. The van der Waals surface area contributed by atoms with Gasteiger partial charge in [0.1, 0.15) is 23.2 Å². The molecule has 142 valence electrons. The molecule has 7 heteroatoms. The Morgan fingerprint density at radius 2 is 1.93 bits per heavy atom. The average Bonchev–Trinajstić information content (AvgIpc) is 3.06. The number of carbonyl (C=O) groups is 1. The maximum Gasteiger partial charge on any atom is 0.255 e. The van der Waals surface area contributed by atoms with Gasteiger partial charge < -0.3 is 15.8 Å². The lowest BCUT2D eigenvalue weighted by Gasteiger charge is -2.08. The number of hydrogen-bond donors (Lipinski definition) is 2. The fraction of sp³-hybridized carbons (Fsp3) is 0.190. The maximum absolute atomic E-state index is 12.3. The first kappa shape index (κ1) is 19.0. The van der Waals surface area contributed by atoms with Crippen LogP contribution in [0.1, 0.15) is 28.0 Å². The number of nitrogens with two attached hydrogens (primary N) is 1. The van der Waals surface area contributed by atoms with Crippen molar-refractivity contribution in [1.29, 1.82) is 5.26 Å². The summed E-state index contributed by atoms with van der Waals surface area (Å²) in [5.74, 6) is 0.648. The largest absolute Gasteiger partial charge is 0.496 e. The van der Waals surface area contributed by atoms with E-state index in [1.165, 1.54) is 7.11 Å².